The molecule has 2 heterocycles. The zero-order chi connectivity index (χ0) is 10.3. The molecule has 0 aromatic carbocycles. The molecule has 0 bridgehead atoms. The molecule has 2 rings (SSSR count). The molecule has 6 heteroatoms. The first-order valence-electron chi connectivity index (χ1n) is 3.73. The zero-order valence-corrected chi connectivity index (χ0v) is 7.72. The number of rotatable bonds is 1. The van der Waals surface area contributed by atoms with Crippen molar-refractivity contribution in [2.45, 2.75) is 0 Å². The molecule has 2 aromatic rings. The van der Waals surface area contributed by atoms with Gasteiger partial charge < -0.3 is 15.8 Å². The first kappa shape index (κ1) is 8.76. The van der Waals surface area contributed by atoms with Crippen LogP contribution in [0.15, 0.2) is 16.9 Å². The summed E-state index contributed by atoms with van der Waals surface area (Å²) in [5.74, 6) is -1.01. The van der Waals surface area contributed by atoms with Gasteiger partial charge in [0.25, 0.3) is 5.56 Å². The van der Waals surface area contributed by atoms with Crippen molar-refractivity contribution < 1.29 is 9.90 Å². The Hall–Kier alpha value is -1.82. The minimum Gasteiger partial charge on any atom is -0.477 e. The Morgan fingerprint density at radius 3 is 2.86 bits per heavy atom. The van der Waals surface area contributed by atoms with Gasteiger partial charge in [-0.05, 0) is 12.1 Å². The number of hydrogen-bond donors (Lipinski definition) is 3. The molecular formula is C8H6N2O3S. The van der Waals surface area contributed by atoms with Gasteiger partial charge in [-0.3, -0.25) is 4.79 Å². The number of nitrogen functional groups attached to an aromatic ring is 1. The van der Waals surface area contributed by atoms with Gasteiger partial charge in [-0.25, -0.2) is 4.79 Å². The van der Waals surface area contributed by atoms with Crippen molar-refractivity contribution in [1.29, 1.82) is 0 Å². The van der Waals surface area contributed by atoms with Crippen LogP contribution in [0.1, 0.15) is 9.67 Å². The van der Waals surface area contributed by atoms with Crippen molar-refractivity contribution in [3.63, 3.8) is 0 Å². The van der Waals surface area contributed by atoms with Crippen LogP contribution in [0, 0.1) is 0 Å². The van der Waals surface area contributed by atoms with Gasteiger partial charge in [-0.2, -0.15) is 0 Å². The number of fused-ring (bicyclic) bond motifs is 1. The Balaban J connectivity index is 2.78. The van der Waals surface area contributed by atoms with Crippen molar-refractivity contribution in [1.82, 2.24) is 4.98 Å². The largest absolute Gasteiger partial charge is 0.477 e. The maximum Gasteiger partial charge on any atom is 0.345 e. The van der Waals surface area contributed by atoms with Gasteiger partial charge >= 0.3 is 5.97 Å². The van der Waals surface area contributed by atoms with Gasteiger partial charge in [0.15, 0.2) is 0 Å². The van der Waals surface area contributed by atoms with Crippen LogP contribution in [0.25, 0.3) is 10.2 Å². The molecule has 0 aliphatic heterocycles. The highest BCUT2D eigenvalue weighted by Crippen LogP contribution is 2.23. The SMILES string of the molecule is Nc1cc2sc(C(=O)O)cc2[nH]c1=O. The number of carboxylic acid groups (broad SMARTS) is 1. The average Bonchev–Trinajstić information content (AvgIpc) is 2.48. The van der Waals surface area contributed by atoms with Crippen molar-refractivity contribution >= 4 is 33.2 Å². The molecule has 0 spiro atoms. The second kappa shape index (κ2) is 2.85. The highest BCUT2D eigenvalue weighted by atomic mass is 32.1. The molecule has 0 radical (unpaired) electrons. The normalized spacial score (nSPS) is 10.6. The number of aromatic nitrogens is 1. The molecule has 0 atom stereocenters. The zero-order valence-electron chi connectivity index (χ0n) is 6.90. The molecule has 0 aliphatic carbocycles. The molecule has 0 fully saturated rings. The Kier molecular flexibility index (Phi) is 1.78. The molecule has 5 nitrogen and oxygen atoms in total. The van der Waals surface area contributed by atoms with Gasteiger partial charge in [0, 0.05) is 0 Å². The van der Waals surface area contributed by atoms with Crippen LogP contribution >= 0.6 is 11.3 Å². The Morgan fingerprint density at radius 1 is 1.50 bits per heavy atom. The summed E-state index contributed by atoms with van der Waals surface area (Å²) in [5, 5.41) is 8.71. The van der Waals surface area contributed by atoms with Gasteiger partial charge in [0.2, 0.25) is 0 Å². The van der Waals surface area contributed by atoms with E-state index < -0.39 is 11.5 Å². The average molecular weight is 210 g/mol. The molecule has 72 valence electrons. The maximum absolute atomic E-state index is 11.1. The predicted molar refractivity (Wildman–Crippen MR) is 53.8 cm³/mol. The summed E-state index contributed by atoms with van der Waals surface area (Å²) in [7, 11) is 0. The number of carbonyl (C=O) groups is 1. The third-order valence-corrected chi connectivity index (χ3v) is 2.84. The number of aromatic carboxylic acids is 1. The van der Waals surface area contributed by atoms with E-state index in [0.717, 1.165) is 11.3 Å². The molecular weight excluding hydrogens is 204 g/mol. The molecule has 0 aliphatic rings. The van der Waals surface area contributed by atoms with E-state index in [-0.39, 0.29) is 10.6 Å². The summed E-state index contributed by atoms with van der Waals surface area (Å²) >= 11 is 1.08. The fourth-order valence-electron chi connectivity index (χ4n) is 1.12. The van der Waals surface area contributed by atoms with E-state index in [1.807, 2.05) is 0 Å². The summed E-state index contributed by atoms with van der Waals surface area (Å²) in [6.45, 7) is 0. The van der Waals surface area contributed by atoms with Crippen LogP contribution in [0.4, 0.5) is 5.69 Å². The Bertz CT molecular complexity index is 569. The van der Waals surface area contributed by atoms with Crippen LogP contribution in [-0.2, 0) is 0 Å². The number of H-pyrrole nitrogens is 1. The lowest BCUT2D eigenvalue weighted by molar-refractivity contribution is 0.0702. The number of thiophene rings is 1. The van der Waals surface area contributed by atoms with E-state index in [2.05, 4.69) is 4.98 Å². The second-order valence-corrected chi connectivity index (χ2v) is 3.83. The highest BCUT2D eigenvalue weighted by Gasteiger charge is 2.09. The van der Waals surface area contributed by atoms with E-state index >= 15 is 0 Å². The van der Waals surface area contributed by atoms with Crippen molar-refractivity contribution in [2.75, 3.05) is 5.73 Å². The Morgan fingerprint density at radius 2 is 2.21 bits per heavy atom. The minimum absolute atomic E-state index is 0.0938. The van der Waals surface area contributed by atoms with Crippen molar-refractivity contribution in [3.05, 3.63) is 27.4 Å². The van der Waals surface area contributed by atoms with Crippen molar-refractivity contribution in [2.24, 2.45) is 0 Å². The number of nitrogens with one attached hydrogen (secondary N) is 1. The van der Waals surface area contributed by atoms with Crippen LogP contribution in [0.5, 0.6) is 0 Å². The first-order chi connectivity index (χ1) is 6.58. The summed E-state index contributed by atoms with van der Waals surface area (Å²) in [5.41, 5.74) is 5.59. The smallest absolute Gasteiger partial charge is 0.345 e. The highest BCUT2D eigenvalue weighted by molar-refractivity contribution is 7.20. The monoisotopic (exact) mass is 210 g/mol. The summed E-state index contributed by atoms with van der Waals surface area (Å²) in [6, 6.07) is 2.90. The van der Waals surface area contributed by atoms with Gasteiger partial charge in [0.1, 0.15) is 4.88 Å². The number of aromatic amines is 1. The number of carboxylic acids is 1. The van der Waals surface area contributed by atoms with Gasteiger partial charge in [-0.1, -0.05) is 0 Å². The molecule has 14 heavy (non-hydrogen) atoms. The lowest BCUT2D eigenvalue weighted by Crippen LogP contribution is -2.09. The third kappa shape index (κ3) is 1.25. The molecule has 0 unspecified atom stereocenters. The topological polar surface area (TPSA) is 96.2 Å². The summed E-state index contributed by atoms with van der Waals surface area (Å²) < 4.78 is 0.666. The number of anilines is 1. The second-order valence-electron chi connectivity index (χ2n) is 2.75. The summed E-state index contributed by atoms with van der Waals surface area (Å²) in [6.07, 6.45) is 0. The van der Waals surface area contributed by atoms with Crippen LogP contribution in [-0.4, -0.2) is 16.1 Å². The van der Waals surface area contributed by atoms with Gasteiger partial charge in [-0.15, -0.1) is 11.3 Å². The fourth-order valence-corrected chi connectivity index (χ4v) is 2.02. The number of nitrogens with two attached hydrogens (primary N) is 1. The Labute approximate surface area is 81.8 Å². The third-order valence-electron chi connectivity index (χ3n) is 1.77. The minimum atomic E-state index is -1.01. The number of pyridine rings is 1. The van der Waals surface area contributed by atoms with E-state index in [0.29, 0.717) is 10.2 Å². The summed E-state index contributed by atoms with van der Waals surface area (Å²) in [4.78, 5) is 24.4. The van der Waals surface area contributed by atoms with Crippen LogP contribution < -0.4 is 11.3 Å². The number of hydrogen-bond acceptors (Lipinski definition) is 4. The quantitative estimate of drug-likeness (QED) is 0.650. The molecule has 0 saturated heterocycles. The maximum atomic E-state index is 11.1. The van der Waals surface area contributed by atoms with E-state index in [9.17, 15) is 9.59 Å². The lowest BCUT2D eigenvalue weighted by atomic mass is 10.3. The van der Waals surface area contributed by atoms with E-state index in [4.69, 9.17) is 10.8 Å². The van der Waals surface area contributed by atoms with Gasteiger partial charge in [0.05, 0.1) is 15.9 Å². The lowest BCUT2D eigenvalue weighted by Gasteiger charge is -1.90. The molecule has 0 saturated carbocycles. The standard InChI is InChI=1S/C8H6N2O3S/c9-3-1-5-4(10-7(3)11)2-6(14-5)8(12)13/h1-2H,9H2,(H,10,11)(H,12,13). The van der Waals surface area contributed by atoms with E-state index in [1.54, 1.807) is 0 Å². The van der Waals surface area contributed by atoms with Crippen LogP contribution in [0.2, 0.25) is 0 Å². The molecule has 2 aromatic heterocycles. The van der Waals surface area contributed by atoms with Crippen LogP contribution in [0.3, 0.4) is 0 Å². The van der Waals surface area contributed by atoms with E-state index in [1.165, 1.54) is 12.1 Å². The fraction of sp³-hybridized carbons (Fsp3) is 0. The molecule has 0 amide bonds. The predicted octanol–water partition coefficient (Wildman–Crippen LogP) is 0.870. The first-order valence-corrected chi connectivity index (χ1v) is 4.55. The molecule has 4 N–H and O–H groups in total. The van der Waals surface area contributed by atoms with Crippen molar-refractivity contribution in [3.8, 4) is 0 Å².